The number of benzene rings is 2. The van der Waals surface area contributed by atoms with Gasteiger partial charge in [0.05, 0.1) is 39.0 Å². The van der Waals surface area contributed by atoms with E-state index < -0.39 is 0 Å². The summed E-state index contributed by atoms with van der Waals surface area (Å²) in [6.07, 6.45) is 0. The molecule has 2 heterocycles. The van der Waals surface area contributed by atoms with Gasteiger partial charge in [-0.05, 0) is 36.4 Å². The van der Waals surface area contributed by atoms with E-state index in [9.17, 15) is 0 Å². The van der Waals surface area contributed by atoms with Crippen molar-refractivity contribution in [2.24, 2.45) is 0 Å². The monoisotopic (exact) mass is 385 g/mol. The van der Waals surface area contributed by atoms with E-state index >= 15 is 0 Å². The lowest BCUT2D eigenvalue weighted by atomic mass is 10.2. The number of anilines is 1. The number of piperazine rings is 1. The number of nitrogens with zero attached hydrogens (tertiary/aromatic N) is 3. The molecule has 0 atom stereocenters. The van der Waals surface area contributed by atoms with Crippen molar-refractivity contribution >= 4 is 17.3 Å². The van der Waals surface area contributed by atoms with E-state index in [-0.39, 0.29) is 0 Å². The molecule has 0 radical (unpaired) electrons. The maximum absolute atomic E-state index is 5.93. The highest BCUT2D eigenvalue weighted by Gasteiger charge is 2.24. The fourth-order valence-corrected chi connectivity index (χ4v) is 3.51. The van der Waals surface area contributed by atoms with E-state index in [0.717, 1.165) is 49.7 Å². The number of ether oxygens (including phenoxy) is 1. The minimum absolute atomic E-state index is 0.536. The van der Waals surface area contributed by atoms with Crippen LogP contribution in [0.3, 0.4) is 0 Å². The van der Waals surface area contributed by atoms with Crippen LogP contribution in [0.5, 0.6) is 5.75 Å². The SMILES string of the molecule is COc1ccccc1N1CC[NH+](Cc2nnc(-c3ccc(Cl)cc3)o2)CC1. The zero-order valence-corrected chi connectivity index (χ0v) is 15.9. The van der Waals surface area contributed by atoms with Crippen molar-refractivity contribution in [3.05, 3.63) is 59.4 Å². The number of hydrogen-bond donors (Lipinski definition) is 1. The number of quaternary nitrogens is 1. The highest BCUT2D eigenvalue weighted by molar-refractivity contribution is 6.30. The smallest absolute Gasteiger partial charge is 0.271 e. The van der Waals surface area contributed by atoms with Gasteiger partial charge in [-0.2, -0.15) is 0 Å². The maximum Gasteiger partial charge on any atom is 0.271 e. The highest BCUT2D eigenvalue weighted by atomic mass is 35.5. The quantitative estimate of drug-likeness (QED) is 0.730. The second kappa shape index (κ2) is 7.98. The van der Waals surface area contributed by atoms with Crippen LogP contribution in [0, 0.1) is 0 Å². The standard InChI is InChI=1S/C20H21ClN4O2/c1-26-18-5-3-2-4-17(18)25-12-10-24(11-13-25)14-19-22-23-20(27-19)15-6-8-16(21)9-7-15/h2-9H,10-14H2,1H3/p+1. The molecule has 1 saturated heterocycles. The van der Waals surface area contributed by atoms with Crippen LogP contribution in [0.2, 0.25) is 5.02 Å². The van der Waals surface area contributed by atoms with Crippen molar-refractivity contribution in [3.8, 4) is 17.2 Å². The van der Waals surface area contributed by atoms with Gasteiger partial charge in [0.2, 0.25) is 5.89 Å². The summed E-state index contributed by atoms with van der Waals surface area (Å²) in [5.41, 5.74) is 2.04. The third kappa shape index (κ3) is 4.07. The second-order valence-corrected chi connectivity index (χ2v) is 7.03. The van der Waals surface area contributed by atoms with Gasteiger partial charge in [0.25, 0.3) is 5.89 Å². The summed E-state index contributed by atoms with van der Waals surface area (Å²) < 4.78 is 11.3. The van der Waals surface area contributed by atoms with Crippen molar-refractivity contribution in [1.29, 1.82) is 0 Å². The molecule has 0 aliphatic carbocycles. The molecule has 1 aromatic heterocycles. The third-order valence-corrected chi connectivity index (χ3v) is 5.11. The summed E-state index contributed by atoms with van der Waals surface area (Å²) in [4.78, 5) is 3.81. The molecule has 0 amide bonds. The van der Waals surface area contributed by atoms with Crippen molar-refractivity contribution in [1.82, 2.24) is 10.2 Å². The Morgan fingerprint density at radius 3 is 2.56 bits per heavy atom. The van der Waals surface area contributed by atoms with Gasteiger partial charge in [-0.3, -0.25) is 0 Å². The predicted molar refractivity (Wildman–Crippen MR) is 104 cm³/mol. The largest absolute Gasteiger partial charge is 0.495 e. The number of hydrogen-bond acceptors (Lipinski definition) is 5. The highest BCUT2D eigenvalue weighted by Crippen LogP contribution is 2.27. The topological polar surface area (TPSA) is 55.8 Å². The van der Waals surface area contributed by atoms with Crippen LogP contribution in [0.4, 0.5) is 5.69 Å². The summed E-state index contributed by atoms with van der Waals surface area (Å²) >= 11 is 5.93. The first-order chi connectivity index (χ1) is 13.2. The molecular weight excluding hydrogens is 364 g/mol. The van der Waals surface area contributed by atoms with E-state index in [1.165, 1.54) is 4.90 Å². The minimum Gasteiger partial charge on any atom is -0.495 e. The molecule has 3 aromatic rings. The number of para-hydroxylation sites is 2. The fraction of sp³-hybridized carbons (Fsp3) is 0.300. The van der Waals surface area contributed by atoms with Crippen molar-refractivity contribution in [2.45, 2.75) is 6.54 Å². The van der Waals surface area contributed by atoms with Crippen LogP contribution in [0.15, 0.2) is 52.9 Å². The first kappa shape index (κ1) is 17.8. The van der Waals surface area contributed by atoms with Crippen LogP contribution in [0.1, 0.15) is 5.89 Å². The third-order valence-electron chi connectivity index (χ3n) is 4.86. The molecule has 7 heteroatoms. The number of methoxy groups -OCH3 is 1. The van der Waals surface area contributed by atoms with E-state index in [0.29, 0.717) is 16.8 Å². The zero-order valence-electron chi connectivity index (χ0n) is 15.2. The van der Waals surface area contributed by atoms with Crippen LogP contribution in [-0.4, -0.2) is 43.5 Å². The summed E-state index contributed by atoms with van der Waals surface area (Å²) in [6, 6.07) is 15.6. The van der Waals surface area contributed by atoms with Crippen LogP contribution in [0.25, 0.3) is 11.5 Å². The Labute approximate surface area is 163 Å². The summed E-state index contributed by atoms with van der Waals surface area (Å²) in [5, 5.41) is 9.07. The second-order valence-electron chi connectivity index (χ2n) is 6.59. The summed E-state index contributed by atoms with van der Waals surface area (Å²) in [6.45, 7) is 4.69. The molecule has 1 aliphatic heterocycles. The van der Waals surface area contributed by atoms with Gasteiger partial charge in [0, 0.05) is 10.6 Å². The Morgan fingerprint density at radius 2 is 1.81 bits per heavy atom. The maximum atomic E-state index is 5.93. The average molecular weight is 386 g/mol. The van der Waals surface area contributed by atoms with Crippen molar-refractivity contribution < 1.29 is 14.1 Å². The Balaban J connectivity index is 1.36. The number of rotatable bonds is 5. The normalized spacial score (nSPS) is 15.1. The molecule has 1 N–H and O–H groups in total. The Bertz CT molecular complexity index is 889. The van der Waals surface area contributed by atoms with Gasteiger partial charge >= 0.3 is 0 Å². The summed E-state index contributed by atoms with van der Waals surface area (Å²) in [7, 11) is 1.72. The first-order valence-corrected chi connectivity index (χ1v) is 9.40. The molecule has 0 spiro atoms. The van der Waals surface area contributed by atoms with E-state index in [1.54, 1.807) is 7.11 Å². The predicted octanol–water partition coefficient (Wildman–Crippen LogP) is 2.30. The van der Waals surface area contributed by atoms with Gasteiger partial charge in [-0.25, -0.2) is 0 Å². The molecule has 4 rings (SSSR count). The van der Waals surface area contributed by atoms with Crippen LogP contribution >= 0.6 is 11.6 Å². The van der Waals surface area contributed by atoms with Gasteiger partial charge in [0.1, 0.15) is 5.75 Å². The van der Waals surface area contributed by atoms with E-state index in [2.05, 4.69) is 21.2 Å². The van der Waals surface area contributed by atoms with Crippen LogP contribution in [-0.2, 0) is 6.54 Å². The van der Waals surface area contributed by atoms with Crippen LogP contribution < -0.4 is 14.5 Å². The van der Waals surface area contributed by atoms with Gasteiger partial charge in [-0.1, -0.05) is 23.7 Å². The Hall–Kier alpha value is -2.57. The van der Waals surface area contributed by atoms with Gasteiger partial charge in [0.15, 0.2) is 6.54 Å². The van der Waals surface area contributed by atoms with E-state index in [1.807, 2.05) is 42.5 Å². The summed E-state index contributed by atoms with van der Waals surface area (Å²) in [5.74, 6) is 2.12. The molecule has 0 saturated carbocycles. The molecule has 1 aliphatic rings. The molecule has 1 fully saturated rings. The molecular formula is C20H22ClN4O2+. The molecule has 0 bridgehead atoms. The van der Waals surface area contributed by atoms with Gasteiger partial charge in [-0.15, -0.1) is 10.2 Å². The average Bonchev–Trinajstić information content (AvgIpc) is 3.17. The molecule has 140 valence electrons. The zero-order chi connectivity index (χ0) is 18.6. The fourth-order valence-electron chi connectivity index (χ4n) is 3.38. The molecule has 27 heavy (non-hydrogen) atoms. The molecule has 2 aromatic carbocycles. The number of nitrogens with one attached hydrogen (secondary N) is 1. The van der Waals surface area contributed by atoms with Crippen molar-refractivity contribution in [3.63, 3.8) is 0 Å². The molecule has 0 unspecified atom stereocenters. The lowest BCUT2D eigenvalue weighted by Gasteiger charge is -2.33. The Kier molecular flexibility index (Phi) is 5.27. The van der Waals surface area contributed by atoms with E-state index in [4.69, 9.17) is 20.8 Å². The number of halogens is 1. The number of aromatic nitrogens is 2. The van der Waals surface area contributed by atoms with Crippen molar-refractivity contribution in [2.75, 3.05) is 38.2 Å². The minimum atomic E-state index is 0.536. The van der Waals surface area contributed by atoms with Gasteiger partial charge < -0.3 is 19.0 Å². The molecule has 6 nitrogen and oxygen atoms in total. The lowest BCUT2D eigenvalue weighted by Crippen LogP contribution is -3.13. The lowest BCUT2D eigenvalue weighted by molar-refractivity contribution is -0.915. The Morgan fingerprint density at radius 1 is 1.07 bits per heavy atom. The first-order valence-electron chi connectivity index (χ1n) is 9.03.